The van der Waals surface area contributed by atoms with Crippen molar-refractivity contribution in [2.45, 2.75) is 40.5 Å². The van der Waals surface area contributed by atoms with Crippen LogP contribution in [0.3, 0.4) is 0 Å². The van der Waals surface area contributed by atoms with Crippen molar-refractivity contribution in [2.75, 3.05) is 0 Å². The van der Waals surface area contributed by atoms with Crippen molar-refractivity contribution in [3.63, 3.8) is 0 Å². The molecule has 0 heterocycles. The molecule has 0 radical (unpaired) electrons. The van der Waals surface area contributed by atoms with Crippen LogP contribution >= 0.6 is 0 Å². The van der Waals surface area contributed by atoms with Gasteiger partial charge in [0, 0.05) is 5.92 Å². The molecule has 0 fully saturated rings. The molecule has 0 saturated heterocycles. The van der Waals surface area contributed by atoms with Crippen LogP contribution in [0.2, 0.25) is 0 Å². The van der Waals surface area contributed by atoms with Crippen LogP contribution in [-0.2, 0) is 4.79 Å². The lowest BCUT2D eigenvalue weighted by Crippen LogP contribution is -2.17. The van der Waals surface area contributed by atoms with Crippen molar-refractivity contribution < 1.29 is 4.79 Å². The Morgan fingerprint density at radius 2 is 1.92 bits per heavy atom. The van der Waals surface area contributed by atoms with E-state index in [1.807, 2.05) is 0 Å². The van der Waals surface area contributed by atoms with E-state index in [9.17, 15) is 4.79 Å². The summed E-state index contributed by atoms with van der Waals surface area (Å²) in [4.78, 5) is 11.2. The first-order valence-corrected chi connectivity index (χ1v) is 4.66. The van der Waals surface area contributed by atoms with Crippen molar-refractivity contribution in [3.8, 4) is 0 Å². The number of allylic oxidation sites excluding steroid dienone is 1. The van der Waals surface area contributed by atoms with Gasteiger partial charge in [0.05, 0.1) is 0 Å². The lowest BCUT2D eigenvalue weighted by Gasteiger charge is -2.18. The molecule has 0 aromatic carbocycles. The quantitative estimate of drug-likeness (QED) is 0.576. The highest BCUT2D eigenvalue weighted by Crippen LogP contribution is 2.21. The first-order chi connectivity index (χ1) is 5.49. The standard InChI is InChI=1S/C11H20O/c1-6-9(4)7-11(8(2)3)10(5)12/h8,11H,4,6-7H2,1-3,5H3. The molecule has 0 aliphatic rings. The Morgan fingerprint density at radius 1 is 1.42 bits per heavy atom. The second-order valence-corrected chi connectivity index (χ2v) is 3.77. The third-order valence-corrected chi connectivity index (χ3v) is 2.34. The van der Waals surface area contributed by atoms with Gasteiger partial charge in [-0.15, -0.1) is 0 Å². The first kappa shape index (κ1) is 11.4. The summed E-state index contributed by atoms with van der Waals surface area (Å²) >= 11 is 0. The van der Waals surface area contributed by atoms with Crippen molar-refractivity contribution in [1.82, 2.24) is 0 Å². The number of hydrogen-bond acceptors (Lipinski definition) is 1. The lowest BCUT2D eigenvalue weighted by molar-refractivity contribution is -0.121. The Balaban J connectivity index is 4.14. The van der Waals surface area contributed by atoms with Gasteiger partial charge in [-0.25, -0.2) is 0 Å². The van der Waals surface area contributed by atoms with Gasteiger partial charge in [-0.1, -0.05) is 32.9 Å². The number of Topliss-reactive ketones (excluding diaryl/α,β-unsaturated/α-hetero) is 1. The second kappa shape index (κ2) is 5.13. The van der Waals surface area contributed by atoms with Gasteiger partial charge in [0.25, 0.3) is 0 Å². The van der Waals surface area contributed by atoms with Crippen LogP contribution in [0.1, 0.15) is 40.5 Å². The van der Waals surface area contributed by atoms with Crippen molar-refractivity contribution in [3.05, 3.63) is 12.2 Å². The van der Waals surface area contributed by atoms with Crippen molar-refractivity contribution >= 4 is 5.78 Å². The fourth-order valence-corrected chi connectivity index (χ4v) is 1.30. The lowest BCUT2D eigenvalue weighted by atomic mass is 9.86. The van der Waals surface area contributed by atoms with Gasteiger partial charge in [-0.05, 0) is 25.7 Å². The number of rotatable bonds is 5. The smallest absolute Gasteiger partial charge is 0.133 e. The highest BCUT2D eigenvalue weighted by molar-refractivity contribution is 5.78. The Kier molecular flexibility index (Phi) is 4.87. The zero-order valence-corrected chi connectivity index (χ0v) is 8.68. The summed E-state index contributed by atoms with van der Waals surface area (Å²) < 4.78 is 0. The molecule has 70 valence electrons. The molecule has 0 saturated carbocycles. The third kappa shape index (κ3) is 3.70. The van der Waals surface area contributed by atoms with E-state index in [4.69, 9.17) is 0 Å². The number of ketones is 1. The molecular weight excluding hydrogens is 148 g/mol. The molecule has 0 bridgehead atoms. The van der Waals surface area contributed by atoms with E-state index in [1.54, 1.807) is 6.92 Å². The predicted molar refractivity (Wildman–Crippen MR) is 53.1 cm³/mol. The Morgan fingerprint density at radius 3 is 2.17 bits per heavy atom. The van der Waals surface area contributed by atoms with Crippen molar-refractivity contribution in [1.29, 1.82) is 0 Å². The zero-order chi connectivity index (χ0) is 9.72. The minimum absolute atomic E-state index is 0.178. The summed E-state index contributed by atoms with van der Waals surface area (Å²) in [5, 5.41) is 0. The molecular formula is C11H20O. The largest absolute Gasteiger partial charge is 0.300 e. The van der Waals surface area contributed by atoms with Crippen LogP contribution in [0.4, 0.5) is 0 Å². The van der Waals surface area contributed by atoms with E-state index in [-0.39, 0.29) is 5.92 Å². The topological polar surface area (TPSA) is 17.1 Å². The van der Waals surface area contributed by atoms with E-state index in [0.717, 1.165) is 12.8 Å². The maximum Gasteiger partial charge on any atom is 0.133 e. The highest BCUT2D eigenvalue weighted by atomic mass is 16.1. The maximum atomic E-state index is 11.2. The first-order valence-electron chi connectivity index (χ1n) is 4.66. The molecule has 12 heavy (non-hydrogen) atoms. The average Bonchev–Trinajstić information content (AvgIpc) is 1.98. The molecule has 0 aromatic heterocycles. The number of carbonyl (C=O) groups is 1. The maximum absolute atomic E-state index is 11.2. The second-order valence-electron chi connectivity index (χ2n) is 3.77. The fraction of sp³-hybridized carbons (Fsp3) is 0.727. The molecule has 0 N–H and O–H groups in total. The van der Waals surface area contributed by atoms with E-state index in [0.29, 0.717) is 11.7 Å². The number of carbonyl (C=O) groups excluding carboxylic acids is 1. The SMILES string of the molecule is C=C(CC)CC(C(C)=O)C(C)C. The Hall–Kier alpha value is -0.590. The summed E-state index contributed by atoms with van der Waals surface area (Å²) in [7, 11) is 0. The van der Waals surface area contributed by atoms with E-state index in [2.05, 4.69) is 27.4 Å². The summed E-state index contributed by atoms with van der Waals surface area (Å²) in [6.45, 7) is 11.9. The molecule has 0 aliphatic heterocycles. The molecule has 0 amide bonds. The Bertz CT molecular complexity index is 168. The fourth-order valence-electron chi connectivity index (χ4n) is 1.30. The van der Waals surface area contributed by atoms with Gasteiger partial charge >= 0.3 is 0 Å². The third-order valence-electron chi connectivity index (χ3n) is 2.34. The van der Waals surface area contributed by atoms with Gasteiger partial charge < -0.3 is 0 Å². The molecule has 1 atom stereocenters. The minimum Gasteiger partial charge on any atom is -0.300 e. The van der Waals surface area contributed by atoms with E-state index >= 15 is 0 Å². The molecule has 0 aliphatic carbocycles. The van der Waals surface area contributed by atoms with Gasteiger partial charge in [-0.2, -0.15) is 0 Å². The van der Waals surface area contributed by atoms with Crippen molar-refractivity contribution in [2.24, 2.45) is 11.8 Å². The summed E-state index contributed by atoms with van der Waals surface area (Å²) in [5.41, 5.74) is 1.18. The van der Waals surface area contributed by atoms with Gasteiger partial charge in [0.1, 0.15) is 5.78 Å². The molecule has 1 nitrogen and oxygen atoms in total. The minimum atomic E-state index is 0.178. The van der Waals surface area contributed by atoms with Crippen LogP contribution in [0, 0.1) is 11.8 Å². The molecule has 1 unspecified atom stereocenters. The monoisotopic (exact) mass is 168 g/mol. The molecule has 1 heteroatoms. The van der Waals surface area contributed by atoms with Crippen LogP contribution < -0.4 is 0 Å². The van der Waals surface area contributed by atoms with E-state index in [1.165, 1.54) is 5.57 Å². The van der Waals surface area contributed by atoms with Crippen LogP contribution in [0.5, 0.6) is 0 Å². The molecule has 0 rings (SSSR count). The van der Waals surface area contributed by atoms with Crippen LogP contribution in [-0.4, -0.2) is 5.78 Å². The average molecular weight is 168 g/mol. The van der Waals surface area contributed by atoms with E-state index < -0.39 is 0 Å². The Labute approximate surface area is 75.9 Å². The summed E-state index contributed by atoms with van der Waals surface area (Å²) in [6.07, 6.45) is 1.85. The predicted octanol–water partition coefficient (Wildman–Crippen LogP) is 3.20. The zero-order valence-electron chi connectivity index (χ0n) is 8.68. The summed E-state index contributed by atoms with van der Waals surface area (Å²) in [5.74, 6) is 0.905. The van der Waals surface area contributed by atoms with Crippen LogP contribution in [0.15, 0.2) is 12.2 Å². The summed E-state index contributed by atoms with van der Waals surface area (Å²) in [6, 6.07) is 0. The van der Waals surface area contributed by atoms with Gasteiger partial charge in [0.2, 0.25) is 0 Å². The number of hydrogen-bond donors (Lipinski definition) is 0. The normalized spacial score (nSPS) is 13.1. The van der Waals surface area contributed by atoms with Crippen LogP contribution in [0.25, 0.3) is 0 Å². The van der Waals surface area contributed by atoms with Gasteiger partial charge in [0.15, 0.2) is 0 Å². The molecule has 0 spiro atoms. The van der Waals surface area contributed by atoms with Gasteiger partial charge in [-0.3, -0.25) is 4.79 Å². The molecule has 0 aromatic rings. The highest BCUT2D eigenvalue weighted by Gasteiger charge is 2.18.